The molecule has 0 bridgehead atoms. The van der Waals surface area contributed by atoms with Crippen molar-refractivity contribution in [1.29, 1.82) is 0 Å². The van der Waals surface area contributed by atoms with Gasteiger partial charge in [0.15, 0.2) is 0 Å². The van der Waals surface area contributed by atoms with Crippen LogP contribution in [0.2, 0.25) is 5.02 Å². The monoisotopic (exact) mass is 488 g/mol. The zero-order valence-corrected chi connectivity index (χ0v) is 21.6. The Kier molecular flexibility index (Phi) is 6.90. The molecule has 2 aliphatic rings. The van der Waals surface area contributed by atoms with Crippen LogP contribution in [0, 0.1) is 11.3 Å². The number of thiophene rings is 1. The topological polar surface area (TPSA) is 58.6 Å². The van der Waals surface area contributed by atoms with Crippen molar-refractivity contribution in [3.63, 3.8) is 0 Å². The third-order valence-corrected chi connectivity index (χ3v) is 8.26. The van der Waals surface area contributed by atoms with Crippen LogP contribution in [-0.2, 0) is 17.6 Å². The molecule has 5 nitrogen and oxygen atoms in total. The van der Waals surface area contributed by atoms with Crippen LogP contribution in [0.5, 0.6) is 0 Å². The Balaban J connectivity index is 1.71. The van der Waals surface area contributed by atoms with Crippen molar-refractivity contribution in [2.24, 2.45) is 11.3 Å². The Labute approximate surface area is 205 Å². The van der Waals surface area contributed by atoms with Crippen LogP contribution in [0.1, 0.15) is 72.2 Å². The molecule has 178 valence electrons. The molecule has 4 rings (SSSR count). The molecule has 1 saturated heterocycles. The summed E-state index contributed by atoms with van der Waals surface area (Å²) in [7, 11) is 0. The third kappa shape index (κ3) is 5.13. The number of anilines is 1. The number of carbonyl (C=O) groups excluding carboxylic acids is 2. The van der Waals surface area contributed by atoms with Gasteiger partial charge in [-0.15, -0.1) is 11.3 Å². The summed E-state index contributed by atoms with van der Waals surface area (Å²) in [6, 6.07) is 6.99. The van der Waals surface area contributed by atoms with Gasteiger partial charge in [0.25, 0.3) is 11.8 Å². The lowest BCUT2D eigenvalue weighted by molar-refractivity contribution is -0.0586. The molecule has 2 heterocycles. The average molecular weight is 489 g/mol. The number of carbonyl (C=O) groups is 2. The summed E-state index contributed by atoms with van der Waals surface area (Å²) in [5.41, 5.74) is 2.36. The number of nitrogens with one attached hydrogen (secondary N) is 1. The molecule has 1 aliphatic carbocycles. The van der Waals surface area contributed by atoms with Gasteiger partial charge < -0.3 is 15.0 Å². The van der Waals surface area contributed by atoms with Gasteiger partial charge in [-0.05, 0) is 62.1 Å². The zero-order chi connectivity index (χ0) is 23.9. The summed E-state index contributed by atoms with van der Waals surface area (Å²) >= 11 is 7.82. The highest BCUT2D eigenvalue weighted by Gasteiger charge is 2.36. The molecule has 1 N–H and O–H groups in total. The fraction of sp³-hybridized carbons (Fsp3) is 0.538. The molecular weight excluding hydrogens is 456 g/mol. The SMILES string of the molecule is CC1CN(C(=O)c2c(NC(=O)c3ccccc3Cl)sc3c2CCC(C(C)(C)C)C3)CC(C)O1. The van der Waals surface area contributed by atoms with Crippen molar-refractivity contribution in [3.8, 4) is 0 Å². The van der Waals surface area contributed by atoms with E-state index in [-0.39, 0.29) is 29.4 Å². The molecule has 7 heteroatoms. The van der Waals surface area contributed by atoms with Crippen LogP contribution in [0.25, 0.3) is 0 Å². The van der Waals surface area contributed by atoms with Gasteiger partial charge in [0.1, 0.15) is 5.00 Å². The number of hydrogen-bond donors (Lipinski definition) is 1. The summed E-state index contributed by atoms with van der Waals surface area (Å²) in [4.78, 5) is 30.0. The summed E-state index contributed by atoms with van der Waals surface area (Å²) in [6.07, 6.45) is 2.80. The third-order valence-electron chi connectivity index (χ3n) is 6.76. The predicted octanol–water partition coefficient (Wildman–Crippen LogP) is 6.05. The molecule has 33 heavy (non-hydrogen) atoms. The van der Waals surface area contributed by atoms with E-state index in [1.54, 1.807) is 35.6 Å². The molecule has 2 aromatic rings. The predicted molar refractivity (Wildman–Crippen MR) is 135 cm³/mol. The van der Waals surface area contributed by atoms with Gasteiger partial charge in [-0.2, -0.15) is 0 Å². The van der Waals surface area contributed by atoms with Gasteiger partial charge in [0.2, 0.25) is 0 Å². The fourth-order valence-corrected chi connectivity index (χ4v) is 6.49. The van der Waals surface area contributed by atoms with Crippen molar-refractivity contribution in [2.75, 3.05) is 18.4 Å². The van der Waals surface area contributed by atoms with Crippen molar-refractivity contribution < 1.29 is 14.3 Å². The molecule has 3 atom stereocenters. The number of fused-ring (bicyclic) bond motifs is 1. The van der Waals surface area contributed by atoms with Gasteiger partial charge in [-0.3, -0.25) is 9.59 Å². The normalized spacial score (nSPS) is 23.2. The Morgan fingerprint density at radius 1 is 1.15 bits per heavy atom. The second kappa shape index (κ2) is 9.40. The second-order valence-electron chi connectivity index (χ2n) is 10.4. The van der Waals surface area contributed by atoms with Crippen LogP contribution >= 0.6 is 22.9 Å². The Hall–Kier alpha value is -1.89. The number of ether oxygens (including phenoxy) is 1. The molecular formula is C26H33ClN2O3S. The van der Waals surface area contributed by atoms with Gasteiger partial charge in [0, 0.05) is 18.0 Å². The summed E-state index contributed by atoms with van der Waals surface area (Å²) < 4.78 is 5.84. The molecule has 1 aromatic carbocycles. The smallest absolute Gasteiger partial charge is 0.257 e. The number of rotatable bonds is 3. The summed E-state index contributed by atoms with van der Waals surface area (Å²) in [5, 5.41) is 4.07. The first-order valence-electron chi connectivity index (χ1n) is 11.7. The largest absolute Gasteiger partial charge is 0.372 e. The van der Waals surface area contributed by atoms with Gasteiger partial charge >= 0.3 is 0 Å². The van der Waals surface area contributed by atoms with E-state index in [2.05, 4.69) is 26.1 Å². The molecule has 2 amide bonds. The van der Waals surface area contributed by atoms with E-state index in [4.69, 9.17) is 16.3 Å². The van der Waals surface area contributed by atoms with E-state index in [0.717, 1.165) is 24.8 Å². The van der Waals surface area contributed by atoms with Gasteiger partial charge in [0.05, 0.1) is 28.4 Å². The zero-order valence-electron chi connectivity index (χ0n) is 20.0. The van der Waals surface area contributed by atoms with Gasteiger partial charge in [-0.25, -0.2) is 0 Å². The van der Waals surface area contributed by atoms with E-state index >= 15 is 0 Å². The minimum Gasteiger partial charge on any atom is -0.372 e. The summed E-state index contributed by atoms with van der Waals surface area (Å²) in [5.74, 6) is 0.240. The highest BCUT2D eigenvalue weighted by Crippen LogP contribution is 2.45. The maximum absolute atomic E-state index is 13.8. The Morgan fingerprint density at radius 2 is 1.82 bits per heavy atom. The lowest BCUT2D eigenvalue weighted by Gasteiger charge is -2.36. The Morgan fingerprint density at radius 3 is 2.45 bits per heavy atom. The lowest BCUT2D eigenvalue weighted by Crippen LogP contribution is -2.48. The van der Waals surface area contributed by atoms with E-state index in [0.29, 0.717) is 40.2 Å². The van der Waals surface area contributed by atoms with Crippen molar-refractivity contribution in [1.82, 2.24) is 4.90 Å². The number of nitrogens with zero attached hydrogens (tertiary/aromatic N) is 1. The van der Waals surface area contributed by atoms with Crippen LogP contribution < -0.4 is 5.32 Å². The highest BCUT2D eigenvalue weighted by molar-refractivity contribution is 7.17. The fourth-order valence-electron chi connectivity index (χ4n) is 4.96. The minimum absolute atomic E-state index is 0.0152. The maximum Gasteiger partial charge on any atom is 0.257 e. The molecule has 1 fully saturated rings. The lowest BCUT2D eigenvalue weighted by atomic mass is 9.72. The average Bonchev–Trinajstić information content (AvgIpc) is 3.09. The summed E-state index contributed by atoms with van der Waals surface area (Å²) in [6.45, 7) is 11.9. The van der Waals surface area contributed by atoms with Gasteiger partial charge in [-0.1, -0.05) is 44.5 Å². The molecule has 3 unspecified atom stereocenters. The van der Waals surface area contributed by atoms with Crippen LogP contribution in [-0.4, -0.2) is 42.0 Å². The molecule has 0 spiro atoms. The second-order valence-corrected chi connectivity index (χ2v) is 11.9. The van der Waals surface area contributed by atoms with Crippen LogP contribution in [0.15, 0.2) is 24.3 Å². The van der Waals surface area contributed by atoms with Crippen molar-refractivity contribution in [3.05, 3.63) is 50.9 Å². The van der Waals surface area contributed by atoms with E-state index in [1.165, 1.54) is 4.88 Å². The first kappa shape index (κ1) is 24.2. The number of amides is 2. The first-order chi connectivity index (χ1) is 15.5. The molecule has 1 aliphatic heterocycles. The van der Waals surface area contributed by atoms with Crippen molar-refractivity contribution >= 4 is 39.8 Å². The van der Waals surface area contributed by atoms with Crippen molar-refractivity contribution in [2.45, 2.75) is 66.1 Å². The van der Waals surface area contributed by atoms with E-state index in [9.17, 15) is 9.59 Å². The number of halogens is 1. The number of morpholine rings is 1. The quantitative estimate of drug-likeness (QED) is 0.571. The first-order valence-corrected chi connectivity index (χ1v) is 12.9. The highest BCUT2D eigenvalue weighted by atomic mass is 35.5. The number of benzene rings is 1. The maximum atomic E-state index is 13.8. The molecule has 1 aromatic heterocycles. The van der Waals surface area contributed by atoms with E-state index in [1.807, 2.05) is 18.7 Å². The van der Waals surface area contributed by atoms with Crippen LogP contribution in [0.4, 0.5) is 5.00 Å². The van der Waals surface area contributed by atoms with E-state index < -0.39 is 0 Å². The Bertz CT molecular complexity index is 1050. The minimum atomic E-state index is -0.288. The number of hydrogen-bond acceptors (Lipinski definition) is 4. The molecule has 0 saturated carbocycles. The van der Waals surface area contributed by atoms with Crippen LogP contribution in [0.3, 0.4) is 0 Å². The molecule has 0 radical (unpaired) electrons. The standard InChI is InChI=1S/C26H33ClN2O3S/c1-15-13-29(14-16(2)32-15)25(31)22-19-11-10-17(26(3,4)5)12-21(19)33-24(22)28-23(30)18-8-6-7-9-20(18)27/h6-9,15-17H,10-14H2,1-5H3,(H,28,30).